The van der Waals surface area contributed by atoms with Crippen LogP contribution in [0.15, 0.2) is 79.1 Å². The van der Waals surface area contributed by atoms with Gasteiger partial charge in [-0.2, -0.15) is 5.10 Å². The Morgan fingerprint density at radius 2 is 1.67 bits per heavy atom. The van der Waals surface area contributed by atoms with Crippen LogP contribution < -0.4 is 15.6 Å². The van der Waals surface area contributed by atoms with Gasteiger partial charge in [-0.3, -0.25) is 20.4 Å². The first-order valence-electron chi connectivity index (χ1n) is 9.19. The number of hydrogen-bond acceptors (Lipinski definition) is 4. The highest BCUT2D eigenvalue weighted by Crippen LogP contribution is 2.25. The Hall–Kier alpha value is -4.33. The summed E-state index contributed by atoms with van der Waals surface area (Å²) >= 11 is 0. The van der Waals surface area contributed by atoms with Crippen LogP contribution in [0.1, 0.15) is 20.8 Å². The number of ether oxygens (including phenoxy) is 1. The van der Waals surface area contributed by atoms with Gasteiger partial charge < -0.3 is 9.72 Å². The molecule has 0 bridgehead atoms. The van der Waals surface area contributed by atoms with Crippen molar-refractivity contribution in [3.63, 3.8) is 0 Å². The molecule has 8 heteroatoms. The van der Waals surface area contributed by atoms with E-state index in [-0.39, 0.29) is 0 Å². The van der Waals surface area contributed by atoms with Gasteiger partial charge in [0.2, 0.25) is 0 Å². The van der Waals surface area contributed by atoms with Gasteiger partial charge in [0.05, 0.1) is 18.4 Å². The van der Waals surface area contributed by atoms with Crippen LogP contribution in [0.2, 0.25) is 0 Å². The first kappa shape index (κ1) is 19.0. The number of hydrogen-bond donors (Lipinski definition) is 3. The Balaban J connectivity index is 1.64. The fourth-order valence-corrected chi connectivity index (χ4v) is 2.93. The molecule has 0 aliphatic carbocycles. The van der Waals surface area contributed by atoms with Crippen molar-refractivity contribution in [1.29, 1.82) is 0 Å². The minimum absolute atomic E-state index is 0.316. The summed E-state index contributed by atoms with van der Waals surface area (Å²) < 4.78 is 6.83. The Kier molecular flexibility index (Phi) is 5.29. The molecule has 8 nitrogen and oxygen atoms in total. The standard InChI is InChI=1S/C22H19N5O3/c1-30-17-11-9-15(10-12-17)20-18(14-27(26-20)16-6-3-2-4-7-16)21(28)24-25-22(29)19-8-5-13-23-19/h2-14,23H,1H3,(H,24,28)(H,25,29). The summed E-state index contributed by atoms with van der Waals surface area (Å²) in [6.45, 7) is 0. The van der Waals surface area contributed by atoms with Gasteiger partial charge in [-0.15, -0.1) is 0 Å². The highest BCUT2D eigenvalue weighted by Gasteiger charge is 2.19. The van der Waals surface area contributed by atoms with E-state index in [1.165, 1.54) is 0 Å². The van der Waals surface area contributed by atoms with Gasteiger partial charge >= 0.3 is 0 Å². The zero-order valence-electron chi connectivity index (χ0n) is 16.1. The fourth-order valence-electron chi connectivity index (χ4n) is 2.93. The minimum Gasteiger partial charge on any atom is -0.497 e. The molecular formula is C22H19N5O3. The van der Waals surface area contributed by atoms with Crippen molar-refractivity contribution >= 4 is 11.8 Å². The third-order valence-corrected chi connectivity index (χ3v) is 4.48. The van der Waals surface area contributed by atoms with Gasteiger partial charge in [0.15, 0.2) is 0 Å². The lowest BCUT2D eigenvalue weighted by molar-refractivity contribution is 0.0844. The second kappa shape index (κ2) is 8.36. The van der Waals surface area contributed by atoms with Crippen LogP contribution in [-0.2, 0) is 0 Å². The molecule has 0 unspecified atom stereocenters. The number of para-hydroxylation sites is 1. The molecule has 0 fully saturated rings. The number of amides is 2. The number of carbonyl (C=O) groups excluding carboxylic acids is 2. The SMILES string of the molecule is COc1ccc(-c2nn(-c3ccccc3)cc2C(=O)NNC(=O)c2ccc[nH]2)cc1. The normalized spacial score (nSPS) is 10.4. The van der Waals surface area contributed by atoms with Crippen molar-refractivity contribution in [2.45, 2.75) is 0 Å². The maximum Gasteiger partial charge on any atom is 0.286 e. The number of H-pyrrole nitrogens is 1. The van der Waals surface area contributed by atoms with Gasteiger partial charge in [0, 0.05) is 18.0 Å². The summed E-state index contributed by atoms with van der Waals surface area (Å²) in [5, 5.41) is 4.60. The number of methoxy groups -OCH3 is 1. The molecule has 2 aromatic heterocycles. The van der Waals surface area contributed by atoms with Crippen LogP contribution in [0.25, 0.3) is 16.9 Å². The largest absolute Gasteiger partial charge is 0.497 e. The van der Waals surface area contributed by atoms with E-state index >= 15 is 0 Å². The highest BCUT2D eigenvalue weighted by molar-refractivity contribution is 6.02. The van der Waals surface area contributed by atoms with Gasteiger partial charge in [0.25, 0.3) is 11.8 Å². The zero-order valence-corrected chi connectivity index (χ0v) is 16.1. The second-order valence-electron chi connectivity index (χ2n) is 6.39. The third-order valence-electron chi connectivity index (χ3n) is 4.48. The maximum absolute atomic E-state index is 12.9. The lowest BCUT2D eigenvalue weighted by atomic mass is 10.1. The van der Waals surface area contributed by atoms with Gasteiger partial charge in [-0.1, -0.05) is 18.2 Å². The van der Waals surface area contributed by atoms with Crippen LogP contribution in [-0.4, -0.2) is 33.7 Å². The van der Waals surface area contributed by atoms with Crippen LogP contribution in [0.5, 0.6) is 5.75 Å². The van der Waals surface area contributed by atoms with E-state index in [4.69, 9.17) is 4.74 Å². The molecule has 2 heterocycles. The second-order valence-corrected chi connectivity index (χ2v) is 6.39. The summed E-state index contributed by atoms with van der Waals surface area (Å²) in [4.78, 5) is 27.8. The van der Waals surface area contributed by atoms with Crippen molar-refractivity contribution in [2.24, 2.45) is 0 Å². The summed E-state index contributed by atoms with van der Waals surface area (Å²) in [6, 6.07) is 20.0. The molecule has 4 rings (SSSR count). The van der Waals surface area contributed by atoms with Crippen LogP contribution in [0.4, 0.5) is 0 Å². The van der Waals surface area contributed by atoms with Crippen molar-refractivity contribution in [3.05, 3.63) is 90.4 Å². The number of carbonyl (C=O) groups is 2. The summed E-state index contributed by atoms with van der Waals surface area (Å²) in [6.07, 6.45) is 3.26. The Labute approximate surface area is 172 Å². The predicted octanol–water partition coefficient (Wildman–Crippen LogP) is 2.95. The molecule has 0 saturated heterocycles. The molecular weight excluding hydrogens is 382 g/mol. The van der Waals surface area contributed by atoms with E-state index < -0.39 is 11.8 Å². The molecule has 0 saturated carbocycles. The lowest BCUT2D eigenvalue weighted by Gasteiger charge is -2.07. The number of hydrazine groups is 1. The molecule has 0 radical (unpaired) electrons. The summed E-state index contributed by atoms with van der Waals surface area (Å²) in [5.74, 6) is -0.233. The number of benzene rings is 2. The van der Waals surface area contributed by atoms with Gasteiger partial charge in [0.1, 0.15) is 17.1 Å². The van der Waals surface area contributed by atoms with Crippen molar-refractivity contribution in [3.8, 4) is 22.7 Å². The average molecular weight is 401 g/mol. The Morgan fingerprint density at radius 3 is 2.33 bits per heavy atom. The van der Waals surface area contributed by atoms with E-state index in [1.807, 2.05) is 42.5 Å². The van der Waals surface area contributed by atoms with Crippen LogP contribution in [0.3, 0.4) is 0 Å². The molecule has 0 spiro atoms. The van der Waals surface area contributed by atoms with Crippen molar-refractivity contribution in [2.75, 3.05) is 7.11 Å². The van der Waals surface area contributed by atoms with Crippen molar-refractivity contribution < 1.29 is 14.3 Å². The first-order valence-corrected chi connectivity index (χ1v) is 9.19. The molecule has 0 atom stereocenters. The monoisotopic (exact) mass is 401 g/mol. The maximum atomic E-state index is 12.9. The minimum atomic E-state index is -0.483. The van der Waals surface area contributed by atoms with E-state index in [9.17, 15) is 9.59 Å². The number of nitrogens with one attached hydrogen (secondary N) is 3. The zero-order chi connectivity index (χ0) is 20.9. The topological polar surface area (TPSA) is 101 Å². The molecule has 3 N–H and O–H groups in total. The Bertz CT molecular complexity index is 1150. The Morgan fingerprint density at radius 1 is 0.933 bits per heavy atom. The predicted molar refractivity (Wildman–Crippen MR) is 111 cm³/mol. The molecule has 0 aliphatic rings. The molecule has 4 aromatic rings. The van der Waals surface area contributed by atoms with Gasteiger partial charge in [-0.05, 0) is 48.5 Å². The van der Waals surface area contributed by atoms with Crippen LogP contribution >= 0.6 is 0 Å². The van der Waals surface area contributed by atoms with Gasteiger partial charge in [-0.25, -0.2) is 4.68 Å². The third kappa shape index (κ3) is 3.93. The number of nitrogens with zero attached hydrogens (tertiary/aromatic N) is 2. The van der Waals surface area contributed by atoms with E-state index in [2.05, 4.69) is 20.9 Å². The molecule has 2 aromatic carbocycles. The first-order chi connectivity index (χ1) is 14.7. The molecule has 150 valence electrons. The molecule has 2 amide bonds. The number of aromatic nitrogens is 3. The van der Waals surface area contributed by atoms with E-state index in [0.717, 1.165) is 11.3 Å². The smallest absolute Gasteiger partial charge is 0.286 e. The van der Waals surface area contributed by atoms with Crippen molar-refractivity contribution in [1.82, 2.24) is 25.6 Å². The summed E-state index contributed by atoms with van der Waals surface area (Å²) in [7, 11) is 1.59. The van der Waals surface area contributed by atoms with E-state index in [0.29, 0.717) is 22.7 Å². The molecule has 30 heavy (non-hydrogen) atoms. The van der Waals surface area contributed by atoms with E-state index in [1.54, 1.807) is 48.5 Å². The van der Waals surface area contributed by atoms with Crippen LogP contribution in [0, 0.1) is 0 Å². The molecule has 0 aliphatic heterocycles. The quantitative estimate of drug-likeness (QED) is 0.448. The fraction of sp³-hybridized carbons (Fsp3) is 0.0455. The lowest BCUT2D eigenvalue weighted by Crippen LogP contribution is -2.41. The summed E-state index contributed by atoms with van der Waals surface area (Å²) in [5.41, 5.74) is 7.53. The average Bonchev–Trinajstić information content (AvgIpc) is 3.48. The number of rotatable bonds is 5. The number of aromatic amines is 1. The highest BCUT2D eigenvalue weighted by atomic mass is 16.5.